The normalized spacial score (nSPS) is 18.4. The molecule has 0 amide bonds. The van der Waals surface area contributed by atoms with Crippen LogP contribution in [0.25, 0.3) is 0 Å². The van der Waals surface area contributed by atoms with Gasteiger partial charge in [-0.3, -0.25) is 4.79 Å². The van der Waals surface area contributed by atoms with Crippen LogP contribution >= 0.6 is 0 Å². The van der Waals surface area contributed by atoms with Crippen LogP contribution < -0.4 is 0 Å². The fourth-order valence-corrected chi connectivity index (χ4v) is 2.65. The highest BCUT2D eigenvalue weighted by Gasteiger charge is 2.42. The lowest BCUT2D eigenvalue weighted by molar-refractivity contribution is -0.141. The van der Waals surface area contributed by atoms with Crippen LogP contribution in [0.5, 0.6) is 0 Å². The zero-order chi connectivity index (χ0) is 14.9. The van der Waals surface area contributed by atoms with Crippen molar-refractivity contribution < 1.29 is 14.6 Å². The molecule has 1 saturated carbocycles. The first-order chi connectivity index (χ1) is 9.39. The van der Waals surface area contributed by atoms with E-state index < -0.39 is 11.9 Å². The molecule has 0 radical (unpaired) electrons. The van der Waals surface area contributed by atoms with Crippen LogP contribution in [-0.2, 0) is 21.6 Å². The third kappa shape index (κ3) is 2.54. The van der Waals surface area contributed by atoms with Gasteiger partial charge in [-0.25, -0.2) is 9.97 Å². The Morgan fingerprint density at radius 3 is 2.25 bits per heavy atom. The molecule has 1 heterocycles. The van der Waals surface area contributed by atoms with Crippen molar-refractivity contribution in [3.05, 3.63) is 22.8 Å². The Kier molecular flexibility index (Phi) is 4.09. The van der Waals surface area contributed by atoms with Crippen LogP contribution in [0.1, 0.15) is 49.0 Å². The molecule has 1 unspecified atom stereocenters. The average molecular weight is 278 g/mol. The van der Waals surface area contributed by atoms with Crippen LogP contribution in [0.2, 0.25) is 0 Å². The van der Waals surface area contributed by atoms with Crippen LogP contribution in [0.3, 0.4) is 0 Å². The van der Waals surface area contributed by atoms with Gasteiger partial charge < -0.3 is 9.84 Å². The molecule has 2 rings (SSSR count). The molecule has 5 nitrogen and oxygen atoms in total. The lowest BCUT2D eigenvalue weighted by atomic mass is 9.79. The summed E-state index contributed by atoms with van der Waals surface area (Å²) < 4.78 is 5.61. The number of aromatic nitrogens is 2. The zero-order valence-electron chi connectivity index (χ0n) is 12.6. The quantitative estimate of drug-likeness (QED) is 0.895. The van der Waals surface area contributed by atoms with E-state index in [4.69, 9.17) is 9.84 Å². The third-order valence-electron chi connectivity index (χ3n) is 4.31. The molecule has 0 spiro atoms. The Labute approximate surface area is 119 Å². The number of rotatable bonds is 5. The summed E-state index contributed by atoms with van der Waals surface area (Å²) in [5.74, 6) is -0.477. The Hall–Kier alpha value is -1.49. The van der Waals surface area contributed by atoms with Gasteiger partial charge in [-0.05, 0) is 45.1 Å². The molecule has 1 aromatic heterocycles. The minimum Gasteiger partial charge on any atom is -0.481 e. The maximum Gasteiger partial charge on any atom is 0.306 e. The van der Waals surface area contributed by atoms with Gasteiger partial charge in [0, 0.05) is 18.5 Å². The van der Waals surface area contributed by atoms with Gasteiger partial charge in [-0.15, -0.1) is 0 Å². The summed E-state index contributed by atoms with van der Waals surface area (Å²) in [6.07, 6.45) is 3.50. The van der Waals surface area contributed by atoms with Gasteiger partial charge in [0.25, 0.3) is 0 Å². The maximum atomic E-state index is 11.0. The predicted octanol–water partition coefficient (Wildman–Crippen LogP) is 2.38. The highest BCUT2D eigenvalue weighted by atomic mass is 16.5. The van der Waals surface area contributed by atoms with E-state index in [-0.39, 0.29) is 5.60 Å². The number of carboxylic acid groups (broad SMARTS) is 1. The van der Waals surface area contributed by atoms with E-state index in [1.807, 2.05) is 13.8 Å². The topological polar surface area (TPSA) is 72.3 Å². The number of hydrogen-bond acceptors (Lipinski definition) is 4. The van der Waals surface area contributed by atoms with E-state index in [9.17, 15) is 4.79 Å². The van der Waals surface area contributed by atoms with E-state index in [2.05, 4.69) is 9.97 Å². The molecule has 1 aromatic rings. The molecule has 110 valence electrons. The molecular weight excluding hydrogens is 256 g/mol. The number of carboxylic acids is 1. The second-order valence-electron chi connectivity index (χ2n) is 5.69. The summed E-state index contributed by atoms with van der Waals surface area (Å²) in [6, 6.07) is 0. The molecule has 1 N–H and O–H groups in total. The number of carbonyl (C=O) groups is 1. The summed E-state index contributed by atoms with van der Waals surface area (Å²) >= 11 is 0. The summed E-state index contributed by atoms with van der Waals surface area (Å²) in [5.41, 5.74) is 2.34. The fourth-order valence-electron chi connectivity index (χ4n) is 2.65. The van der Waals surface area contributed by atoms with E-state index in [0.29, 0.717) is 6.42 Å². The van der Waals surface area contributed by atoms with Crippen molar-refractivity contribution in [2.24, 2.45) is 5.92 Å². The molecule has 1 aliphatic rings. The largest absolute Gasteiger partial charge is 0.481 e. The second kappa shape index (κ2) is 5.48. The first-order valence-electron chi connectivity index (χ1n) is 7.02. The fraction of sp³-hybridized carbons (Fsp3) is 0.667. The van der Waals surface area contributed by atoms with Gasteiger partial charge in [-0.1, -0.05) is 6.92 Å². The maximum absolute atomic E-state index is 11.0. The third-order valence-corrected chi connectivity index (χ3v) is 4.31. The molecule has 0 aliphatic heterocycles. The number of hydrogen-bond donors (Lipinski definition) is 1. The van der Waals surface area contributed by atoms with Gasteiger partial charge in [-0.2, -0.15) is 0 Å². The highest BCUT2D eigenvalue weighted by Crippen LogP contribution is 2.42. The van der Waals surface area contributed by atoms with Crippen molar-refractivity contribution in [3.63, 3.8) is 0 Å². The zero-order valence-corrected chi connectivity index (χ0v) is 12.6. The number of nitrogens with zero attached hydrogens (tertiary/aromatic N) is 2. The van der Waals surface area contributed by atoms with E-state index in [0.717, 1.165) is 42.0 Å². The van der Waals surface area contributed by atoms with Crippen molar-refractivity contribution in [1.82, 2.24) is 9.97 Å². The molecule has 1 atom stereocenters. The number of aliphatic carboxylic acids is 1. The lowest BCUT2D eigenvalue weighted by Gasteiger charge is -2.39. The molecule has 0 bridgehead atoms. The summed E-state index contributed by atoms with van der Waals surface area (Å²) in [7, 11) is 1.70. The van der Waals surface area contributed by atoms with Crippen molar-refractivity contribution >= 4 is 5.97 Å². The molecule has 1 fully saturated rings. The predicted molar refractivity (Wildman–Crippen MR) is 74.5 cm³/mol. The van der Waals surface area contributed by atoms with E-state index in [1.165, 1.54) is 0 Å². The Morgan fingerprint density at radius 1 is 1.35 bits per heavy atom. The molecular formula is C15H22N2O3. The van der Waals surface area contributed by atoms with Crippen LogP contribution in [0.4, 0.5) is 0 Å². The van der Waals surface area contributed by atoms with E-state index in [1.54, 1.807) is 14.0 Å². The van der Waals surface area contributed by atoms with Gasteiger partial charge in [0.05, 0.1) is 5.92 Å². The Balaban J connectivity index is 2.32. The monoisotopic (exact) mass is 278 g/mol. The highest BCUT2D eigenvalue weighted by molar-refractivity contribution is 5.70. The second-order valence-corrected chi connectivity index (χ2v) is 5.69. The van der Waals surface area contributed by atoms with Gasteiger partial charge in [0.15, 0.2) is 5.82 Å². The smallest absolute Gasteiger partial charge is 0.306 e. The summed E-state index contributed by atoms with van der Waals surface area (Å²) in [4.78, 5) is 20.2. The Morgan fingerprint density at radius 2 is 1.90 bits per heavy atom. The van der Waals surface area contributed by atoms with E-state index >= 15 is 0 Å². The lowest BCUT2D eigenvalue weighted by Crippen LogP contribution is -2.38. The van der Waals surface area contributed by atoms with Gasteiger partial charge in [0.1, 0.15) is 5.60 Å². The van der Waals surface area contributed by atoms with Crippen molar-refractivity contribution in [1.29, 1.82) is 0 Å². The summed E-state index contributed by atoms with van der Waals surface area (Å²) in [6.45, 7) is 5.55. The average Bonchev–Trinajstić information content (AvgIpc) is 2.32. The van der Waals surface area contributed by atoms with Crippen molar-refractivity contribution in [3.8, 4) is 0 Å². The Bertz CT molecular complexity index is 495. The number of methoxy groups -OCH3 is 1. The molecule has 0 saturated heterocycles. The van der Waals surface area contributed by atoms with Gasteiger partial charge in [0.2, 0.25) is 0 Å². The first kappa shape index (κ1) is 14.9. The first-order valence-corrected chi connectivity index (χ1v) is 7.02. The standard InChI is InChI=1S/C15H22N2O3/c1-9(13(18)19)8-12-10(2)16-14(17-11(12)3)15(20-4)6-5-7-15/h9H,5-8H2,1-4H3,(H,18,19). The summed E-state index contributed by atoms with van der Waals surface area (Å²) in [5, 5.41) is 9.03. The number of aryl methyl sites for hydroxylation is 2. The minimum atomic E-state index is -0.791. The van der Waals surface area contributed by atoms with Crippen LogP contribution in [0, 0.1) is 19.8 Å². The van der Waals surface area contributed by atoms with Gasteiger partial charge >= 0.3 is 5.97 Å². The molecule has 0 aromatic carbocycles. The van der Waals surface area contributed by atoms with Crippen molar-refractivity contribution in [2.45, 2.75) is 52.1 Å². The molecule has 20 heavy (non-hydrogen) atoms. The van der Waals surface area contributed by atoms with Crippen molar-refractivity contribution in [2.75, 3.05) is 7.11 Å². The SMILES string of the molecule is COC1(c2nc(C)c(CC(C)C(=O)O)c(C)n2)CCC1. The number of ether oxygens (including phenoxy) is 1. The van der Waals surface area contributed by atoms with Crippen LogP contribution in [0.15, 0.2) is 0 Å². The minimum absolute atomic E-state index is 0.327. The molecule has 5 heteroatoms. The van der Waals surface area contributed by atoms with Crippen LogP contribution in [-0.4, -0.2) is 28.2 Å². The molecule has 1 aliphatic carbocycles.